The van der Waals surface area contributed by atoms with Gasteiger partial charge in [-0.05, 0) is 25.0 Å². The average Bonchev–Trinajstić information content (AvgIpc) is 2.85. The second kappa shape index (κ2) is 5.82. The Balaban J connectivity index is 2.23. The van der Waals surface area contributed by atoms with Crippen LogP contribution in [0.2, 0.25) is 0 Å². The van der Waals surface area contributed by atoms with Crippen LogP contribution in [0.25, 0.3) is 5.69 Å². The summed E-state index contributed by atoms with van der Waals surface area (Å²) in [6.07, 6.45) is 3.44. The van der Waals surface area contributed by atoms with Gasteiger partial charge in [-0.2, -0.15) is 0 Å². The molecule has 96 valence electrons. The highest BCUT2D eigenvalue weighted by Crippen LogP contribution is 2.20. The van der Waals surface area contributed by atoms with E-state index >= 15 is 0 Å². The smallest absolute Gasteiger partial charge is 0.165 e. The zero-order chi connectivity index (χ0) is 13.0. The van der Waals surface area contributed by atoms with Gasteiger partial charge in [0.15, 0.2) is 11.6 Å². The first-order valence-electron chi connectivity index (χ1n) is 5.55. The molecule has 6 heteroatoms. The molecule has 1 heterocycles. The molecule has 2 rings (SSSR count). The van der Waals surface area contributed by atoms with Crippen LogP contribution in [-0.4, -0.2) is 28.0 Å². The quantitative estimate of drug-likeness (QED) is 0.784. The zero-order valence-corrected chi connectivity index (χ0v) is 10.7. The van der Waals surface area contributed by atoms with Crippen molar-refractivity contribution >= 4 is 11.6 Å². The maximum Gasteiger partial charge on any atom is 0.165 e. The summed E-state index contributed by atoms with van der Waals surface area (Å²) in [5.41, 5.74) is 1.57. The van der Waals surface area contributed by atoms with Crippen molar-refractivity contribution in [2.75, 3.05) is 13.0 Å². The molecule has 0 saturated carbocycles. The van der Waals surface area contributed by atoms with Crippen LogP contribution in [0.5, 0.6) is 5.75 Å². The van der Waals surface area contributed by atoms with E-state index in [1.54, 1.807) is 23.0 Å². The molecule has 0 aliphatic rings. The van der Waals surface area contributed by atoms with Crippen molar-refractivity contribution < 1.29 is 9.13 Å². The second-order valence-corrected chi connectivity index (χ2v) is 4.14. The molecule has 4 nitrogen and oxygen atoms in total. The van der Waals surface area contributed by atoms with Crippen LogP contribution >= 0.6 is 11.6 Å². The van der Waals surface area contributed by atoms with Gasteiger partial charge in [0.2, 0.25) is 0 Å². The predicted octanol–water partition coefficient (Wildman–Crippen LogP) is 2.59. The van der Waals surface area contributed by atoms with Crippen LogP contribution in [0.1, 0.15) is 12.1 Å². The third kappa shape index (κ3) is 2.79. The minimum Gasteiger partial charge on any atom is -0.494 e. The topological polar surface area (TPSA) is 39.9 Å². The molecule has 0 amide bonds. The summed E-state index contributed by atoms with van der Waals surface area (Å²) in [4.78, 5) is 0. The summed E-state index contributed by atoms with van der Waals surface area (Å²) in [6.45, 7) is 0. The molecule has 0 aliphatic heterocycles. The monoisotopic (exact) mass is 269 g/mol. The third-order valence-electron chi connectivity index (χ3n) is 2.51. The van der Waals surface area contributed by atoms with Crippen molar-refractivity contribution in [3.63, 3.8) is 0 Å². The number of hydrogen-bond acceptors (Lipinski definition) is 3. The van der Waals surface area contributed by atoms with E-state index < -0.39 is 5.82 Å². The van der Waals surface area contributed by atoms with Gasteiger partial charge < -0.3 is 4.74 Å². The molecule has 0 radical (unpaired) electrons. The summed E-state index contributed by atoms with van der Waals surface area (Å²) >= 11 is 5.62. The van der Waals surface area contributed by atoms with Gasteiger partial charge in [0.25, 0.3) is 0 Å². The molecule has 0 bridgehead atoms. The van der Waals surface area contributed by atoms with Crippen molar-refractivity contribution in [1.82, 2.24) is 15.0 Å². The van der Waals surface area contributed by atoms with E-state index in [4.69, 9.17) is 16.3 Å². The third-order valence-corrected chi connectivity index (χ3v) is 2.77. The summed E-state index contributed by atoms with van der Waals surface area (Å²) in [6, 6.07) is 4.54. The molecule has 0 aliphatic carbocycles. The average molecular weight is 270 g/mol. The van der Waals surface area contributed by atoms with Crippen LogP contribution < -0.4 is 4.74 Å². The molecular formula is C12H13ClFN3O. The normalized spacial score (nSPS) is 10.6. The fourth-order valence-electron chi connectivity index (χ4n) is 1.58. The van der Waals surface area contributed by atoms with Gasteiger partial charge >= 0.3 is 0 Å². The number of aromatic nitrogens is 3. The first kappa shape index (κ1) is 12.8. The Labute approximate surface area is 109 Å². The van der Waals surface area contributed by atoms with E-state index in [-0.39, 0.29) is 5.75 Å². The number of halogens is 2. The fourth-order valence-corrected chi connectivity index (χ4v) is 1.71. The summed E-state index contributed by atoms with van der Waals surface area (Å²) in [7, 11) is 1.43. The lowest BCUT2D eigenvalue weighted by Gasteiger charge is -2.04. The van der Waals surface area contributed by atoms with Crippen LogP contribution in [0, 0.1) is 5.82 Å². The van der Waals surface area contributed by atoms with Gasteiger partial charge in [-0.15, -0.1) is 16.7 Å². The van der Waals surface area contributed by atoms with Gasteiger partial charge in [0.05, 0.1) is 24.7 Å². The Morgan fingerprint density at radius 3 is 3.00 bits per heavy atom. The minimum atomic E-state index is -0.399. The van der Waals surface area contributed by atoms with E-state index in [1.807, 2.05) is 0 Å². The number of hydrogen-bond donors (Lipinski definition) is 0. The van der Waals surface area contributed by atoms with E-state index in [0.717, 1.165) is 18.5 Å². The second-order valence-electron chi connectivity index (χ2n) is 3.77. The number of nitrogens with zero attached hydrogens (tertiary/aromatic N) is 3. The fraction of sp³-hybridized carbons (Fsp3) is 0.333. The molecule has 18 heavy (non-hydrogen) atoms. The first-order valence-corrected chi connectivity index (χ1v) is 6.09. The molecular weight excluding hydrogens is 257 g/mol. The number of alkyl halides is 1. The van der Waals surface area contributed by atoms with Crippen LogP contribution in [-0.2, 0) is 6.42 Å². The Morgan fingerprint density at radius 2 is 2.28 bits per heavy atom. The Hall–Kier alpha value is -1.62. The molecule has 0 fully saturated rings. The van der Waals surface area contributed by atoms with Gasteiger partial charge in [0, 0.05) is 11.9 Å². The SMILES string of the molecule is COc1cc(-n2cc(CCCCl)nn2)ccc1F. The summed E-state index contributed by atoms with van der Waals surface area (Å²) in [5.74, 6) is 0.381. The van der Waals surface area contributed by atoms with Crippen molar-refractivity contribution in [2.24, 2.45) is 0 Å². The lowest BCUT2D eigenvalue weighted by atomic mass is 10.2. The van der Waals surface area contributed by atoms with E-state index in [0.29, 0.717) is 11.6 Å². The van der Waals surface area contributed by atoms with Crippen molar-refractivity contribution in [1.29, 1.82) is 0 Å². The molecule has 0 spiro atoms. The van der Waals surface area contributed by atoms with Crippen molar-refractivity contribution in [3.8, 4) is 11.4 Å². The van der Waals surface area contributed by atoms with E-state index in [9.17, 15) is 4.39 Å². The van der Waals surface area contributed by atoms with Crippen LogP contribution in [0.15, 0.2) is 24.4 Å². The highest BCUT2D eigenvalue weighted by molar-refractivity contribution is 6.17. The van der Waals surface area contributed by atoms with Crippen molar-refractivity contribution in [3.05, 3.63) is 35.9 Å². The van der Waals surface area contributed by atoms with Gasteiger partial charge in [-0.1, -0.05) is 5.21 Å². The largest absolute Gasteiger partial charge is 0.494 e. The molecule has 0 atom stereocenters. The first-order chi connectivity index (χ1) is 8.74. The molecule has 0 N–H and O–H groups in total. The van der Waals surface area contributed by atoms with Crippen LogP contribution in [0.3, 0.4) is 0 Å². The van der Waals surface area contributed by atoms with Gasteiger partial charge in [-0.25, -0.2) is 9.07 Å². The van der Waals surface area contributed by atoms with E-state index in [1.165, 1.54) is 13.2 Å². The lowest BCUT2D eigenvalue weighted by molar-refractivity contribution is 0.386. The number of rotatable bonds is 5. The van der Waals surface area contributed by atoms with Crippen LogP contribution in [0.4, 0.5) is 4.39 Å². The molecule has 0 unspecified atom stereocenters. The maximum absolute atomic E-state index is 13.3. The number of methoxy groups -OCH3 is 1. The molecule has 0 saturated heterocycles. The minimum absolute atomic E-state index is 0.185. The Morgan fingerprint density at radius 1 is 1.44 bits per heavy atom. The number of aryl methyl sites for hydroxylation is 1. The summed E-state index contributed by atoms with van der Waals surface area (Å²) < 4.78 is 19.8. The van der Waals surface area contributed by atoms with Gasteiger partial charge in [0.1, 0.15) is 0 Å². The van der Waals surface area contributed by atoms with E-state index in [2.05, 4.69) is 10.3 Å². The highest BCUT2D eigenvalue weighted by atomic mass is 35.5. The molecule has 1 aromatic heterocycles. The highest BCUT2D eigenvalue weighted by Gasteiger charge is 2.07. The predicted molar refractivity (Wildman–Crippen MR) is 66.9 cm³/mol. The maximum atomic E-state index is 13.3. The zero-order valence-electron chi connectivity index (χ0n) is 9.94. The standard InChI is InChI=1S/C12H13ClFN3O/c1-18-12-7-10(4-5-11(12)14)17-8-9(15-16-17)3-2-6-13/h4-5,7-8H,2-3,6H2,1H3. The van der Waals surface area contributed by atoms with Gasteiger partial charge in [-0.3, -0.25) is 0 Å². The molecule has 1 aromatic carbocycles. The lowest BCUT2D eigenvalue weighted by Crippen LogP contribution is -1.97. The molecule has 2 aromatic rings. The number of ether oxygens (including phenoxy) is 1. The Bertz CT molecular complexity index is 530. The summed E-state index contributed by atoms with van der Waals surface area (Å²) in [5, 5.41) is 8.02. The number of benzene rings is 1. The van der Waals surface area contributed by atoms with Crippen molar-refractivity contribution in [2.45, 2.75) is 12.8 Å². The Kier molecular flexibility index (Phi) is 4.15.